The van der Waals surface area contributed by atoms with Crippen LogP contribution in [0.3, 0.4) is 0 Å². The lowest BCUT2D eigenvalue weighted by molar-refractivity contribution is 0.262. The third kappa shape index (κ3) is 6.17. The molecule has 3 heterocycles. The number of anilines is 3. The molecule has 2 aliphatic heterocycles. The fourth-order valence-corrected chi connectivity index (χ4v) is 5.02. The molecule has 8 nitrogen and oxygen atoms in total. The van der Waals surface area contributed by atoms with E-state index in [0.29, 0.717) is 29.8 Å². The normalized spacial score (nSPS) is 15.6. The number of rotatable bonds is 6. The Bertz CT molecular complexity index is 1270. The van der Waals surface area contributed by atoms with Gasteiger partial charge in [-0.15, -0.1) is 11.6 Å². The number of carbonyl (C=O) groups excluding carboxylic acids is 1. The Kier molecular flexibility index (Phi) is 8.24. The first-order valence-corrected chi connectivity index (χ1v) is 13.6. The third-order valence-electron chi connectivity index (χ3n) is 5.54. The van der Waals surface area contributed by atoms with Gasteiger partial charge < -0.3 is 24.8 Å². The van der Waals surface area contributed by atoms with E-state index in [9.17, 15) is 4.79 Å². The summed E-state index contributed by atoms with van der Waals surface area (Å²) in [6.45, 7) is 10.5. The van der Waals surface area contributed by atoms with Gasteiger partial charge in [0.2, 0.25) is 0 Å². The van der Waals surface area contributed by atoms with Crippen LogP contribution in [0.1, 0.15) is 45.9 Å². The highest BCUT2D eigenvalue weighted by Crippen LogP contribution is 2.47. The number of urea groups is 1. The molecule has 1 atom stereocenters. The van der Waals surface area contributed by atoms with Gasteiger partial charge in [0.05, 0.1) is 17.3 Å². The summed E-state index contributed by atoms with van der Waals surface area (Å²) in [4.78, 5) is 15.7. The van der Waals surface area contributed by atoms with Crippen LogP contribution in [0.2, 0.25) is 0 Å². The molecule has 37 heavy (non-hydrogen) atoms. The molecule has 0 fully saturated rings. The number of carbonyl (C=O) groups is 1. The molecule has 5 rings (SSSR count). The van der Waals surface area contributed by atoms with E-state index >= 15 is 0 Å². The second-order valence-corrected chi connectivity index (χ2v) is 10.7. The number of thioether (sulfide) groups is 1. The molecule has 3 N–H and O–H groups in total. The van der Waals surface area contributed by atoms with Crippen LogP contribution in [-0.4, -0.2) is 29.2 Å². The fourth-order valence-electron chi connectivity index (χ4n) is 3.75. The van der Waals surface area contributed by atoms with Crippen LogP contribution in [0, 0.1) is 0 Å². The summed E-state index contributed by atoms with van der Waals surface area (Å²) in [6, 6.07) is 15.1. The van der Waals surface area contributed by atoms with Crippen LogP contribution >= 0.6 is 23.4 Å². The van der Waals surface area contributed by atoms with Gasteiger partial charge in [-0.05, 0) is 35.9 Å². The molecule has 2 aromatic carbocycles. The predicted octanol–water partition coefficient (Wildman–Crippen LogP) is 7.06. The Balaban J connectivity index is 0.00000156. The molecule has 0 saturated carbocycles. The third-order valence-corrected chi connectivity index (χ3v) is 6.84. The Morgan fingerprint density at radius 2 is 1.92 bits per heavy atom. The molecule has 0 aliphatic carbocycles. The summed E-state index contributed by atoms with van der Waals surface area (Å²) in [5.41, 5.74) is 3.77. The Morgan fingerprint density at radius 1 is 1.16 bits per heavy atom. The lowest BCUT2D eigenvalue weighted by Gasteiger charge is -2.15. The quantitative estimate of drug-likeness (QED) is 0.288. The van der Waals surface area contributed by atoms with Gasteiger partial charge in [-0.1, -0.05) is 63.7 Å². The first-order valence-electron chi connectivity index (χ1n) is 12.2. The zero-order valence-corrected chi connectivity index (χ0v) is 23.2. The van der Waals surface area contributed by atoms with Crippen LogP contribution in [0.25, 0.3) is 5.70 Å². The van der Waals surface area contributed by atoms with E-state index in [4.69, 9.17) is 20.9 Å². The zero-order chi connectivity index (χ0) is 26.6. The molecular weight excluding hydrogens is 510 g/mol. The first kappa shape index (κ1) is 26.8. The SMILES string of the molecule is CC.CC(C)(C)c1cc(NC(=O)Nc2ccc(C3=CN4c5ccc(OCCCl)cc5SC4N3)cc2)no1. The van der Waals surface area contributed by atoms with Gasteiger partial charge in [0, 0.05) is 28.3 Å². The maximum Gasteiger partial charge on any atom is 0.324 e. The smallest absolute Gasteiger partial charge is 0.324 e. The van der Waals surface area contributed by atoms with E-state index in [0.717, 1.165) is 27.6 Å². The largest absolute Gasteiger partial charge is 0.492 e. The molecular formula is C27H32ClN5O3S. The van der Waals surface area contributed by atoms with Crippen molar-refractivity contribution in [3.05, 3.63) is 66.1 Å². The molecule has 0 bridgehead atoms. The molecule has 10 heteroatoms. The Hall–Kier alpha value is -3.30. The number of benzene rings is 2. The molecule has 0 spiro atoms. The van der Waals surface area contributed by atoms with Crippen molar-refractivity contribution in [2.75, 3.05) is 28.0 Å². The molecule has 196 valence electrons. The molecule has 1 aromatic heterocycles. The summed E-state index contributed by atoms with van der Waals surface area (Å²) in [5.74, 6) is 2.37. The minimum atomic E-state index is -0.382. The minimum absolute atomic E-state index is 0.0901. The summed E-state index contributed by atoms with van der Waals surface area (Å²) in [5, 5.41) is 13.0. The number of hydrogen-bond donors (Lipinski definition) is 3. The number of hydrogen-bond acceptors (Lipinski definition) is 7. The van der Waals surface area contributed by atoms with Gasteiger partial charge in [-0.25, -0.2) is 4.79 Å². The van der Waals surface area contributed by atoms with E-state index in [1.807, 2.05) is 65.0 Å². The van der Waals surface area contributed by atoms with Gasteiger partial charge in [-0.3, -0.25) is 5.32 Å². The summed E-state index contributed by atoms with van der Waals surface area (Å²) >= 11 is 7.46. The number of halogens is 1. The summed E-state index contributed by atoms with van der Waals surface area (Å²) < 4.78 is 10.9. The van der Waals surface area contributed by atoms with Crippen molar-refractivity contribution < 1.29 is 14.1 Å². The fraction of sp³-hybridized carbons (Fsp3) is 0.333. The monoisotopic (exact) mass is 541 g/mol. The number of ether oxygens (including phenoxy) is 1. The van der Waals surface area contributed by atoms with Crippen LogP contribution in [0.15, 0.2) is 64.1 Å². The molecule has 0 saturated heterocycles. The van der Waals surface area contributed by atoms with E-state index in [-0.39, 0.29) is 16.9 Å². The minimum Gasteiger partial charge on any atom is -0.492 e. The van der Waals surface area contributed by atoms with Crippen molar-refractivity contribution in [3.8, 4) is 5.75 Å². The van der Waals surface area contributed by atoms with Gasteiger partial charge in [-0.2, -0.15) is 0 Å². The van der Waals surface area contributed by atoms with E-state index in [1.165, 1.54) is 0 Å². The van der Waals surface area contributed by atoms with Crippen molar-refractivity contribution in [2.24, 2.45) is 0 Å². The number of fused-ring (bicyclic) bond motifs is 3. The van der Waals surface area contributed by atoms with Crippen molar-refractivity contribution in [3.63, 3.8) is 0 Å². The van der Waals surface area contributed by atoms with Crippen molar-refractivity contribution in [2.45, 2.75) is 50.4 Å². The van der Waals surface area contributed by atoms with E-state index < -0.39 is 0 Å². The van der Waals surface area contributed by atoms with Gasteiger partial charge >= 0.3 is 6.03 Å². The Morgan fingerprint density at radius 3 is 2.59 bits per heavy atom. The predicted molar refractivity (Wildman–Crippen MR) is 152 cm³/mol. The lowest BCUT2D eigenvalue weighted by Crippen LogP contribution is -2.28. The second kappa shape index (κ2) is 11.4. The van der Waals surface area contributed by atoms with Gasteiger partial charge in [0.1, 0.15) is 18.1 Å². The average molecular weight is 542 g/mol. The van der Waals surface area contributed by atoms with Crippen LogP contribution in [0.4, 0.5) is 22.0 Å². The molecule has 2 amide bonds. The van der Waals surface area contributed by atoms with E-state index in [2.05, 4.69) is 44.3 Å². The highest BCUT2D eigenvalue weighted by molar-refractivity contribution is 8.00. The zero-order valence-electron chi connectivity index (χ0n) is 21.6. The lowest BCUT2D eigenvalue weighted by atomic mass is 9.93. The van der Waals surface area contributed by atoms with Crippen molar-refractivity contribution in [1.29, 1.82) is 0 Å². The van der Waals surface area contributed by atoms with Gasteiger partial charge in [0.25, 0.3) is 0 Å². The van der Waals surface area contributed by atoms with Crippen molar-refractivity contribution >= 4 is 52.3 Å². The topological polar surface area (TPSA) is 91.7 Å². The maximum atomic E-state index is 12.4. The number of alkyl halides is 1. The van der Waals surface area contributed by atoms with Crippen LogP contribution < -0.4 is 25.6 Å². The maximum absolute atomic E-state index is 12.4. The second-order valence-electron chi connectivity index (χ2n) is 9.21. The van der Waals surface area contributed by atoms with Crippen LogP contribution in [-0.2, 0) is 5.41 Å². The van der Waals surface area contributed by atoms with E-state index in [1.54, 1.807) is 17.8 Å². The number of nitrogens with zero attached hydrogens (tertiary/aromatic N) is 2. The standard InChI is InChI=1S/C25H26ClN5O3S.C2H6/c1-25(2,3)21-13-22(30-34-21)29-23(32)27-16-6-4-15(5-7-16)18-14-31-19-9-8-17(33-11-10-26)12-20(19)35-24(31)28-18;1-2/h4-9,12-14,24,28H,10-11H2,1-3H3,(H2,27,29,30,32);1-2H3. The number of aromatic nitrogens is 1. The number of amides is 2. The highest BCUT2D eigenvalue weighted by Gasteiger charge is 2.34. The highest BCUT2D eigenvalue weighted by atomic mass is 35.5. The molecule has 0 radical (unpaired) electrons. The van der Waals surface area contributed by atoms with Crippen molar-refractivity contribution in [1.82, 2.24) is 10.5 Å². The first-order chi connectivity index (χ1) is 17.8. The molecule has 2 aliphatic rings. The van der Waals surface area contributed by atoms with Crippen LogP contribution in [0.5, 0.6) is 5.75 Å². The Labute approximate surface area is 226 Å². The van der Waals surface area contributed by atoms with Gasteiger partial charge in [0.15, 0.2) is 11.3 Å². The number of nitrogens with one attached hydrogen (secondary N) is 3. The summed E-state index contributed by atoms with van der Waals surface area (Å²) in [7, 11) is 0. The average Bonchev–Trinajstić information content (AvgIpc) is 3.59. The molecule has 3 aromatic rings. The summed E-state index contributed by atoms with van der Waals surface area (Å²) in [6.07, 6.45) is 2.11. The molecule has 1 unspecified atom stereocenters.